The molecule has 166 valence electrons. The van der Waals surface area contributed by atoms with E-state index in [1.807, 2.05) is 0 Å². The van der Waals surface area contributed by atoms with Crippen molar-refractivity contribution >= 4 is 33.7 Å². The van der Waals surface area contributed by atoms with Crippen LogP contribution in [0, 0.1) is 11.8 Å². The predicted molar refractivity (Wildman–Crippen MR) is 111 cm³/mol. The molecule has 0 aromatic carbocycles. The summed E-state index contributed by atoms with van der Waals surface area (Å²) in [5.41, 5.74) is -1.18. The number of carbonyl (C=O) groups is 3. The molecule has 4 rings (SSSR count). The molecule has 2 amide bonds. The Hall–Kier alpha value is -1.45. The third kappa shape index (κ3) is 3.12. The van der Waals surface area contributed by atoms with E-state index in [9.17, 15) is 24.6 Å². The molecule has 3 heterocycles. The lowest BCUT2D eigenvalue weighted by molar-refractivity contribution is -0.152. The van der Waals surface area contributed by atoms with Gasteiger partial charge in [0.2, 0.25) is 11.8 Å². The third-order valence-corrected chi connectivity index (χ3v) is 8.12. The van der Waals surface area contributed by atoms with Gasteiger partial charge in [-0.2, -0.15) is 0 Å². The zero-order valence-electron chi connectivity index (χ0n) is 16.9. The van der Waals surface area contributed by atoms with Gasteiger partial charge >= 0.3 is 5.97 Å². The minimum absolute atomic E-state index is 0.0204. The molecule has 4 aliphatic rings. The number of nitrogens with zero attached hydrogens (tertiary/aromatic N) is 2. The smallest absolute Gasteiger partial charge is 0.310 e. The Morgan fingerprint density at radius 2 is 2.03 bits per heavy atom. The Morgan fingerprint density at radius 3 is 2.63 bits per heavy atom. The predicted octanol–water partition coefficient (Wildman–Crippen LogP) is 1.16. The van der Waals surface area contributed by atoms with Crippen LogP contribution in [0.3, 0.4) is 0 Å². The van der Waals surface area contributed by atoms with Gasteiger partial charge < -0.3 is 24.7 Å². The van der Waals surface area contributed by atoms with E-state index in [0.29, 0.717) is 13.0 Å². The molecule has 1 aliphatic carbocycles. The fraction of sp³-hybridized carbons (Fsp3) is 0.762. The summed E-state index contributed by atoms with van der Waals surface area (Å²) >= 11 is 3.53. The summed E-state index contributed by atoms with van der Waals surface area (Å²) < 4.78 is 6.22. The minimum atomic E-state index is -1.18. The van der Waals surface area contributed by atoms with E-state index < -0.39 is 41.5 Å². The number of aliphatic carboxylic acids is 1. The number of rotatable bonds is 7. The standard InChI is InChI=1S/C21H29BrN2O6/c1-2-8-23(12-6-4-3-5-7-12)19(27)17-21-11-13(22)16(30-21)14(20(28)29)15(21)18(26)24(17)9-10-25/h2,12-17,25H,1,3-11H2,(H,28,29)/t13?,14-,15+,16-,17-,21+/m0/s1. The summed E-state index contributed by atoms with van der Waals surface area (Å²) in [5.74, 6) is -3.63. The normalized spacial score (nSPS) is 38.0. The van der Waals surface area contributed by atoms with E-state index in [0.717, 1.165) is 32.1 Å². The van der Waals surface area contributed by atoms with E-state index >= 15 is 0 Å². The van der Waals surface area contributed by atoms with E-state index in [1.54, 1.807) is 11.0 Å². The van der Waals surface area contributed by atoms with Gasteiger partial charge in [0.1, 0.15) is 11.6 Å². The van der Waals surface area contributed by atoms with Gasteiger partial charge in [0.25, 0.3) is 0 Å². The van der Waals surface area contributed by atoms with Crippen LogP contribution in [0.5, 0.6) is 0 Å². The van der Waals surface area contributed by atoms with Crippen LogP contribution in [0.2, 0.25) is 0 Å². The number of aliphatic hydroxyl groups is 1. The molecule has 4 fully saturated rings. The number of carbonyl (C=O) groups excluding carboxylic acids is 2. The Balaban J connectivity index is 1.74. The maximum absolute atomic E-state index is 13.9. The molecule has 3 aliphatic heterocycles. The van der Waals surface area contributed by atoms with Gasteiger partial charge in [-0.05, 0) is 19.3 Å². The molecular weight excluding hydrogens is 456 g/mol. The SMILES string of the molecule is C=CCN(C(=O)[C@@H]1N(CCO)C(=O)[C@H]2[C@H](C(=O)O)[C@H]3O[C@@]12CC3Br)C1CCCCC1. The highest BCUT2D eigenvalue weighted by Gasteiger charge is 2.76. The lowest BCUT2D eigenvalue weighted by Gasteiger charge is -2.40. The second-order valence-corrected chi connectivity index (χ2v) is 10.0. The van der Waals surface area contributed by atoms with Crippen molar-refractivity contribution in [1.29, 1.82) is 0 Å². The average molecular weight is 485 g/mol. The average Bonchev–Trinajstić information content (AvgIpc) is 3.31. The van der Waals surface area contributed by atoms with E-state index in [1.165, 1.54) is 4.90 Å². The second-order valence-electron chi connectivity index (χ2n) is 8.83. The van der Waals surface area contributed by atoms with Crippen LogP contribution in [-0.2, 0) is 19.1 Å². The molecule has 8 nitrogen and oxygen atoms in total. The number of aliphatic hydroxyl groups excluding tert-OH is 1. The molecule has 0 aromatic heterocycles. The fourth-order valence-corrected chi connectivity index (χ4v) is 7.09. The van der Waals surface area contributed by atoms with Crippen molar-refractivity contribution in [2.75, 3.05) is 19.7 Å². The van der Waals surface area contributed by atoms with Crippen molar-refractivity contribution in [1.82, 2.24) is 9.80 Å². The molecule has 2 N–H and O–H groups in total. The number of hydrogen-bond acceptors (Lipinski definition) is 5. The van der Waals surface area contributed by atoms with Gasteiger partial charge in [0.05, 0.1) is 24.5 Å². The van der Waals surface area contributed by atoms with Crippen LogP contribution in [0.1, 0.15) is 38.5 Å². The number of hydrogen-bond donors (Lipinski definition) is 2. The first-order valence-corrected chi connectivity index (χ1v) is 11.7. The first kappa shape index (κ1) is 21.8. The minimum Gasteiger partial charge on any atom is -0.481 e. The van der Waals surface area contributed by atoms with Crippen LogP contribution < -0.4 is 0 Å². The van der Waals surface area contributed by atoms with Gasteiger partial charge in [-0.1, -0.05) is 41.3 Å². The highest BCUT2D eigenvalue weighted by atomic mass is 79.9. The van der Waals surface area contributed by atoms with Crippen molar-refractivity contribution in [3.05, 3.63) is 12.7 Å². The molecule has 0 radical (unpaired) electrons. The number of carboxylic acid groups (broad SMARTS) is 1. The summed E-state index contributed by atoms with van der Waals surface area (Å²) in [6.45, 7) is 3.85. The van der Waals surface area contributed by atoms with E-state index in [-0.39, 0.29) is 29.9 Å². The summed E-state index contributed by atoms with van der Waals surface area (Å²) in [5, 5.41) is 19.4. The number of amides is 2. The number of alkyl halides is 1. The highest BCUT2D eigenvalue weighted by molar-refractivity contribution is 9.09. The Bertz CT molecular complexity index is 741. The maximum Gasteiger partial charge on any atom is 0.310 e. The first-order chi connectivity index (χ1) is 14.4. The van der Waals surface area contributed by atoms with Crippen LogP contribution in [0.25, 0.3) is 0 Å². The van der Waals surface area contributed by atoms with Crippen LogP contribution in [0.15, 0.2) is 12.7 Å². The van der Waals surface area contributed by atoms with Crippen molar-refractivity contribution in [3.63, 3.8) is 0 Å². The topological polar surface area (TPSA) is 107 Å². The Kier molecular flexibility index (Phi) is 5.98. The molecule has 30 heavy (non-hydrogen) atoms. The monoisotopic (exact) mass is 484 g/mol. The largest absolute Gasteiger partial charge is 0.481 e. The van der Waals surface area contributed by atoms with Gasteiger partial charge in [-0.3, -0.25) is 14.4 Å². The second kappa shape index (κ2) is 8.24. The number of halogens is 1. The van der Waals surface area contributed by atoms with Crippen molar-refractivity contribution in [2.24, 2.45) is 11.8 Å². The van der Waals surface area contributed by atoms with E-state index in [4.69, 9.17) is 4.74 Å². The molecule has 3 saturated heterocycles. The lowest BCUT2D eigenvalue weighted by Crippen LogP contribution is -2.59. The molecule has 1 spiro atoms. The number of carboxylic acids is 1. The van der Waals surface area contributed by atoms with Crippen LogP contribution in [0.4, 0.5) is 0 Å². The highest BCUT2D eigenvalue weighted by Crippen LogP contribution is 2.60. The Morgan fingerprint density at radius 1 is 1.33 bits per heavy atom. The number of β-amino-alcohol motifs (C(OH)–C–C–N with tert-alkyl or cyclic N) is 1. The zero-order valence-corrected chi connectivity index (χ0v) is 18.5. The van der Waals surface area contributed by atoms with Crippen LogP contribution >= 0.6 is 15.9 Å². The van der Waals surface area contributed by atoms with Crippen molar-refractivity contribution < 1.29 is 29.3 Å². The molecule has 2 bridgehead atoms. The summed E-state index contributed by atoms with van der Waals surface area (Å²) in [7, 11) is 0. The van der Waals surface area contributed by atoms with Gasteiger partial charge in [0, 0.05) is 24.0 Å². The van der Waals surface area contributed by atoms with Gasteiger partial charge in [0.15, 0.2) is 0 Å². The number of fused-ring (bicyclic) bond motifs is 1. The molecule has 1 unspecified atom stereocenters. The van der Waals surface area contributed by atoms with Gasteiger partial charge in [-0.25, -0.2) is 0 Å². The maximum atomic E-state index is 13.9. The summed E-state index contributed by atoms with van der Waals surface area (Å²) in [4.78, 5) is 42.2. The first-order valence-electron chi connectivity index (χ1n) is 10.7. The quantitative estimate of drug-likeness (QED) is 0.414. The third-order valence-electron chi connectivity index (χ3n) is 7.27. The number of ether oxygens (including phenoxy) is 1. The van der Waals surface area contributed by atoms with Gasteiger partial charge in [-0.15, -0.1) is 6.58 Å². The van der Waals surface area contributed by atoms with Crippen molar-refractivity contribution in [2.45, 2.75) is 67.1 Å². The molecule has 0 aromatic rings. The van der Waals surface area contributed by atoms with Crippen LogP contribution in [-0.4, -0.2) is 86.1 Å². The molecule has 6 atom stereocenters. The summed E-state index contributed by atoms with van der Waals surface area (Å²) in [6.07, 6.45) is 6.48. The fourth-order valence-electron chi connectivity index (χ4n) is 6.15. The number of likely N-dealkylation sites (tertiary alicyclic amines) is 1. The lowest BCUT2D eigenvalue weighted by atomic mass is 9.70. The summed E-state index contributed by atoms with van der Waals surface area (Å²) in [6, 6.07) is -0.863. The molecular formula is C21H29BrN2O6. The Labute approximate surface area is 184 Å². The zero-order chi connectivity index (χ0) is 21.6. The molecule has 1 saturated carbocycles. The van der Waals surface area contributed by atoms with Crippen molar-refractivity contribution in [3.8, 4) is 0 Å². The molecule has 9 heteroatoms. The van der Waals surface area contributed by atoms with E-state index in [2.05, 4.69) is 22.5 Å².